The number of carbonyl (C=O) groups excluding carboxylic acids is 2. The number of carbonyl (C=O) groups is 2. The average molecular weight is 476 g/mol. The van der Waals surface area contributed by atoms with Gasteiger partial charge in [-0.15, -0.1) is 0 Å². The molecule has 0 bridgehead atoms. The molecule has 4 aliphatic carbocycles. The molecule has 5 aliphatic rings. The highest BCUT2D eigenvalue weighted by Crippen LogP contribution is 2.74. The molecule has 34 heavy (non-hydrogen) atoms. The van der Waals surface area contributed by atoms with Gasteiger partial charge in [-0.2, -0.15) is 0 Å². The van der Waals surface area contributed by atoms with Crippen molar-refractivity contribution in [2.24, 2.45) is 39.9 Å². The van der Waals surface area contributed by atoms with Gasteiger partial charge in [0.1, 0.15) is 12.0 Å². The highest BCUT2D eigenvalue weighted by molar-refractivity contribution is 6.01. The molecule has 3 saturated carbocycles. The Hall–Kier alpha value is -1.40. The highest BCUT2D eigenvalue weighted by atomic mass is 19.1. The maximum Gasteiger partial charge on any atom is 0.178 e. The number of aliphatic hydroxyl groups excluding tert-OH is 1. The number of ketones is 2. The fourth-order valence-electron chi connectivity index (χ4n) is 9.16. The van der Waals surface area contributed by atoms with Crippen molar-refractivity contribution >= 4 is 11.6 Å². The SMILES string of the molecule is CC(=O)[C@@]12CN(CCC(C)C)C[C@@H]1C[C@H]1[C@@H]3C[C@H](F)C4=CC(=O)C=C[C@]4(C)[C@@]3(F)[C@@H](O)C[C@@]12C. The van der Waals surface area contributed by atoms with Gasteiger partial charge in [-0.05, 0) is 87.0 Å². The molecule has 9 atom stereocenters. The quantitative estimate of drug-likeness (QED) is 0.652. The fraction of sp³-hybridized carbons (Fsp3) is 0.786. The molecule has 4 fully saturated rings. The van der Waals surface area contributed by atoms with E-state index in [9.17, 15) is 14.7 Å². The van der Waals surface area contributed by atoms with E-state index in [0.29, 0.717) is 18.9 Å². The van der Waals surface area contributed by atoms with Crippen LogP contribution in [0.15, 0.2) is 23.8 Å². The molecule has 188 valence electrons. The molecule has 0 spiro atoms. The average Bonchev–Trinajstić information content (AvgIpc) is 3.24. The summed E-state index contributed by atoms with van der Waals surface area (Å²) in [4.78, 5) is 27.8. The Morgan fingerprint density at radius 1 is 1.26 bits per heavy atom. The second-order valence-corrected chi connectivity index (χ2v) is 12.7. The third kappa shape index (κ3) is 2.81. The van der Waals surface area contributed by atoms with Crippen LogP contribution in [0.2, 0.25) is 0 Å². The third-order valence-corrected chi connectivity index (χ3v) is 10.9. The number of nitrogens with zero attached hydrogens (tertiary/aromatic N) is 1. The molecule has 0 amide bonds. The molecule has 5 rings (SSSR count). The molecule has 1 heterocycles. The minimum atomic E-state index is -2.07. The van der Waals surface area contributed by atoms with Gasteiger partial charge < -0.3 is 10.0 Å². The summed E-state index contributed by atoms with van der Waals surface area (Å²) in [5.41, 5.74) is -4.52. The van der Waals surface area contributed by atoms with Gasteiger partial charge in [0.05, 0.1) is 11.5 Å². The highest BCUT2D eigenvalue weighted by Gasteiger charge is 2.77. The van der Waals surface area contributed by atoms with Crippen LogP contribution in [-0.4, -0.2) is 59.2 Å². The number of Topliss-reactive ketones (excluding diaryl/α,β-unsaturated/α-hetero) is 1. The summed E-state index contributed by atoms with van der Waals surface area (Å²) < 4.78 is 32.9. The number of hydrogen-bond acceptors (Lipinski definition) is 4. The van der Waals surface area contributed by atoms with Crippen LogP contribution in [-0.2, 0) is 9.59 Å². The van der Waals surface area contributed by atoms with Gasteiger partial charge in [0.25, 0.3) is 0 Å². The Morgan fingerprint density at radius 2 is 1.97 bits per heavy atom. The predicted molar refractivity (Wildman–Crippen MR) is 127 cm³/mol. The number of allylic oxidation sites excluding steroid dienone is 4. The molecule has 1 aliphatic heterocycles. The van der Waals surface area contributed by atoms with Crippen molar-refractivity contribution in [1.29, 1.82) is 0 Å². The van der Waals surface area contributed by atoms with Crippen molar-refractivity contribution < 1.29 is 23.5 Å². The molecular formula is C28H39F2NO3. The van der Waals surface area contributed by atoms with E-state index in [1.807, 2.05) is 0 Å². The van der Waals surface area contributed by atoms with E-state index in [-0.39, 0.29) is 41.8 Å². The lowest BCUT2D eigenvalue weighted by Crippen LogP contribution is -2.69. The van der Waals surface area contributed by atoms with Crippen molar-refractivity contribution in [3.05, 3.63) is 23.8 Å². The van der Waals surface area contributed by atoms with E-state index in [2.05, 4.69) is 25.7 Å². The van der Waals surface area contributed by atoms with Crippen molar-refractivity contribution in [2.45, 2.75) is 78.2 Å². The molecule has 6 heteroatoms. The number of aliphatic hydroxyl groups is 1. The molecule has 0 aromatic carbocycles. The maximum absolute atomic E-state index is 17.3. The fourth-order valence-corrected chi connectivity index (χ4v) is 9.16. The molecule has 0 radical (unpaired) electrons. The molecule has 0 aromatic rings. The topological polar surface area (TPSA) is 57.6 Å². The maximum atomic E-state index is 17.3. The van der Waals surface area contributed by atoms with Crippen molar-refractivity contribution in [1.82, 2.24) is 4.90 Å². The first kappa shape index (κ1) is 24.3. The minimum Gasteiger partial charge on any atom is -0.390 e. The number of alkyl halides is 2. The molecule has 0 aromatic heterocycles. The lowest BCUT2D eigenvalue weighted by atomic mass is 9.43. The second kappa shape index (κ2) is 7.55. The summed E-state index contributed by atoms with van der Waals surface area (Å²) in [7, 11) is 0. The second-order valence-electron chi connectivity index (χ2n) is 12.7. The van der Waals surface area contributed by atoms with Gasteiger partial charge in [-0.25, -0.2) is 8.78 Å². The van der Waals surface area contributed by atoms with Crippen molar-refractivity contribution in [3.8, 4) is 0 Å². The van der Waals surface area contributed by atoms with Crippen LogP contribution in [0, 0.1) is 39.9 Å². The van der Waals surface area contributed by atoms with Crippen molar-refractivity contribution in [2.75, 3.05) is 19.6 Å². The van der Waals surface area contributed by atoms with Gasteiger partial charge in [0.2, 0.25) is 0 Å². The van der Waals surface area contributed by atoms with E-state index in [4.69, 9.17) is 0 Å². The number of likely N-dealkylation sites (tertiary alicyclic amines) is 1. The Labute approximate surface area is 201 Å². The largest absolute Gasteiger partial charge is 0.390 e. The van der Waals surface area contributed by atoms with Gasteiger partial charge in [0.15, 0.2) is 11.5 Å². The Morgan fingerprint density at radius 3 is 2.62 bits per heavy atom. The smallest absolute Gasteiger partial charge is 0.178 e. The van der Waals surface area contributed by atoms with Crippen LogP contribution in [0.3, 0.4) is 0 Å². The van der Waals surface area contributed by atoms with E-state index in [1.54, 1.807) is 13.8 Å². The summed E-state index contributed by atoms with van der Waals surface area (Å²) in [5, 5.41) is 11.5. The zero-order valence-electron chi connectivity index (χ0n) is 21.1. The molecule has 1 saturated heterocycles. The molecule has 0 unspecified atom stereocenters. The van der Waals surface area contributed by atoms with Crippen LogP contribution < -0.4 is 0 Å². The van der Waals surface area contributed by atoms with Crippen LogP contribution in [0.5, 0.6) is 0 Å². The predicted octanol–water partition coefficient (Wildman–Crippen LogP) is 4.47. The summed E-state index contributed by atoms with van der Waals surface area (Å²) >= 11 is 0. The normalized spacial score (nSPS) is 50.0. The van der Waals surface area contributed by atoms with E-state index in [0.717, 1.165) is 19.5 Å². The summed E-state index contributed by atoms with van der Waals surface area (Å²) in [6.07, 6.45) is 3.14. The Balaban J connectivity index is 1.56. The lowest BCUT2D eigenvalue weighted by Gasteiger charge is -2.63. The number of halogens is 2. The molecular weight excluding hydrogens is 436 g/mol. The first-order chi connectivity index (χ1) is 15.8. The summed E-state index contributed by atoms with van der Waals surface area (Å²) in [6.45, 7) is 12.1. The number of hydrogen-bond donors (Lipinski definition) is 1. The zero-order valence-corrected chi connectivity index (χ0v) is 21.1. The summed E-state index contributed by atoms with van der Waals surface area (Å²) in [6, 6.07) is 0. The van der Waals surface area contributed by atoms with E-state index < -0.39 is 40.1 Å². The molecule has 4 nitrogen and oxygen atoms in total. The third-order valence-electron chi connectivity index (χ3n) is 10.9. The van der Waals surface area contributed by atoms with Crippen molar-refractivity contribution in [3.63, 3.8) is 0 Å². The Kier molecular flexibility index (Phi) is 5.40. The van der Waals surface area contributed by atoms with E-state index >= 15 is 8.78 Å². The van der Waals surface area contributed by atoms with Crippen LogP contribution >= 0.6 is 0 Å². The first-order valence-electron chi connectivity index (χ1n) is 13.0. The van der Waals surface area contributed by atoms with Gasteiger partial charge in [0, 0.05) is 24.4 Å². The number of fused-ring (bicyclic) bond motifs is 7. The number of rotatable bonds is 4. The standard InChI is InChI=1S/C28H39F2NO3/c1-16(2)7-9-31-14-18-10-20-21-12-23(29)22-11-19(33)6-8-25(22,4)28(21,30)24(34)13-26(20,5)27(18,15-31)17(3)32/h6,8,11,16,18,20-21,23-24,34H,7,9-10,12-15H2,1-5H3/t18-,20-,21-,23-,24-,25-,26-,27-,28-/m0/s1. The Bertz CT molecular complexity index is 977. The zero-order chi connectivity index (χ0) is 24.8. The summed E-state index contributed by atoms with van der Waals surface area (Å²) in [5.74, 6) is -0.446. The van der Waals surface area contributed by atoms with E-state index in [1.165, 1.54) is 18.2 Å². The van der Waals surface area contributed by atoms with Gasteiger partial charge in [-0.1, -0.05) is 26.8 Å². The lowest BCUT2D eigenvalue weighted by molar-refractivity contribution is -0.211. The van der Waals surface area contributed by atoms with Gasteiger partial charge >= 0.3 is 0 Å². The first-order valence-corrected chi connectivity index (χ1v) is 13.0. The van der Waals surface area contributed by atoms with Crippen LogP contribution in [0.1, 0.15) is 60.3 Å². The van der Waals surface area contributed by atoms with Gasteiger partial charge in [-0.3, -0.25) is 9.59 Å². The minimum absolute atomic E-state index is 0.0475. The van der Waals surface area contributed by atoms with Crippen LogP contribution in [0.25, 0.3) is 0 Å². The van der Waals surface area contributed by atoms with Crippen LogP contribution in [0.4, 0.5) is 8.78 Å². The molecule has 1 N–H and O–H groups in total. The monoisotopic (exact) mass is 475 g/mol.